The number of fused-ring (bicyclic) bond motifs is 3. The molecule has 2 aromatic heterocycles. The lowest BCUT2D eigenvalue weighted by Crippen LogP contribution is -2.30. The molecule has 0 amide bonds. The molecule has 0 bridgehead atoms. The van der Waals surface area contributed by atoms with E-state index in [-0.39, 0.29) is 5.82 Å². The highest BCUT2D eigenvalue weighted by Gasteiger charge is 2.19. The number of furan rings is 1. The van der Waals surface area contributed by atoms with Gasteiger partial charge in [0, 0.05) is 28.5 Å². The zero-order valence-electron chi connectivity index (χ0n) is 15.7. The van der Waals surface area contributed by atoms with Gasteiger partial charge in [0.05, 0.1) is 5.56 Å². The number of pyridine rings is 1. The second kappa shape index (κ2) is 6.31. The van der Waals surface area contributed by atoms with Crippen molar-refractivity contribution in [3.8, 4) is 22.4 Å². The van der Waals surface area contributed by atoms with Crippen LogP contribution in [0.4, 0.5) is 4.39 Å². The van der Waals surface area contributed by atoms with Crippen LogP contribution in [0.25, 0.3) is 44.3 Å². The maximum atomic E-state index is 14.7. The molecule has 0 aliphatic rings. The fourth-order valence-electron chi connectivity index (χ4n) is 3.92. The van der Waals surface area contributed by atoms with E-state index in [0.29, 0.717) is 11.1 Å². The summed E-state index contributed by atoms with van der Waals surface area (Å²) in [5.41, 5.74) is 6.09. The Morgan fingerprint density at radius 2 is 1.64 bits per heavy atom. The summed E-state index contributed by atoms with van der Waals surface area (Å²) in [5.74, 6) is -0.274. The van der Waals surface area contributed by atoms with Crippen LogP contribution in [0.3, 0.4) is 0 Å². The Morgan fingerprint density at radius 3 is 2.43 bits per heavy atom. The van der Waals surface area contributed by atoms with E-state index < -0.39 is 0 Å². The minimum atomic E-state index is -0.274. The molecule has 2 nitrogen and oxygen atoms in total. The highest BCUT2D eigenvalue weighted by Crippen LogP contribution is 2.39. The fourth-order valence-corrected chi connectivity index (χ4v) is 3.92. The smallest absolute Gasteiger partial charge is 0.212 e. The van der Waals surface area contributed by atoms with Crippen LogP contribution in [0.15, 0.2) is 83.4 Å². The van der Waals surface area contributed by atoms with E-state index in [1.54, 1.807) is 0 Å². The Morgan fingerprint density at radius 1 is 0.857 bits per heavy atom. The van der Waals surface area contributed by atoms with Crippen molar-refractivity contribution in [1.29, 1.82) is 0 Å². The Bertz CT molecular complexity index is 1340. The van der Waals surface area contributed by atoms with Crippen molar-refractivity contribution >= 4 is 21.9 Å². The highest BCUT2D eigenvalue weighted by molar-refractivity contribution is 6.10. The van der Waals surface area contributed by atoms with Crippen LogP contribution >= 0.6 is 0 Å². The molecule has 0 aliphatic carbocycles. The first-order valence-corrected chi connectivity index (χ1v) is 9.29. The number of hydrogen-bond donors (Lipinski definition) is 0. The average molecular weight is 368 g/mol. The summed E-state index contributed by atoms with van der Waals surface area (Å²) in [4.78, 5) is 0. The Kier molecular flexibility index (Phi) is 3.76. The van der Waals surface area contributed by atoms with Gasteiger partial charge in [-0.1, -0.05) is 30.3 Å². The molecular formula is C25H19FNO+. The van der Waals surface area contributed by atoms with Crippen LogP contribution in [0.2, 0.25) is 0 Å². The van der Waals surface area contributed by atoms with Crippen LogP contribution in [-0.4, -0.2) is 0 Å². The van der Waals surface area contributed by atoms with Gasteiger partial charge in [-0.15, -0.1) is 0 Å². The van der Waals surface area contributed by atoms with E-state index >= 15 is 0 Å². The van der Waals surface area contributed by atoms with Gasteiger partial charge in [-0.25, -0.2) is 8.96 Å². The molecule has 0 N–H and O–H groups in total. The Labute approximate surface area is 162 Å². The minimum absolute atomic E-state index is 0.274. The highest BCUT2D eigenvalue weighted by atomic mass is 19.1. The third-order valence-electron chi connectivity index (χ3n) is 5.33. The van der Waals surface area contributed by atoms with Gasteiger partial charge in [0.1, 0.15) is 24.0 Å². The van der Waals surface area contributed by atoms with Crippen LogP contribution in [-0.2, 0) is 7.05 Å². The summed E-state index contributed by atoms with van der Waals surface area (Å²) in [6.45, 7) is 2.08. The van der Waals surface area contributed by atoms with E-state index in [0.717, 1.165) is 38.7 Å². The number of nitrogens with zero attached hydrogens (tertiary/aromatic N) is 1. The predicted octanol–water partition coefficient (Wildman–Crippen LogP) is 6.19. The number of rotatable bonds is 2. The van der Waals surface area contributed by atoms with Gasteiger partial charge in [0.2, 0.25) is 5.69 Å². The van der Waals surface area contributed by atoms with Crippen molar-refractivity contribution in [1.82, 2.24) is 0 Å². The summed E-state index contributed by atoms with van der Waals surface area (Å²) in [7, 11) is 2.04. The first kappa shape index (κ1) is 16.7. The minimum Gasteiger partial charge on any atom is -0.455 e. The average Bonchev–Trinajstić information content (AvgIpc) is 3.05. The van der Waals surface area contributed by atoms with Gasteiger partial charge in [-0.3, -0.25) is 0 Å². The zero-order valence-corrected chi connectivity index (χ0v) is 15.7. The van der Waals surface area contributed by atoms with Crippen LogP contribution in [0.5, 0.6) is 0 Å². The second-order valence-electron chi connectivity index (χ2n) is 7.13. The lowest BCUT2D eigenvalue weighted by Gasteiger charge is -2.05. The van der Waals surface area contributed by atoms with Crippen LogP contribution < -0.4 is 4.57 Å². The standard InChI is InChI=1S/C25H19FNO/c1-16-14-23-20(15-19(16)22-10-6-7-13-27(22)2)18-11-12-21(26)24(25(18)28-23)17-8-4-3-5-9-17/h3-15H,1-2H3/q+1. The predicted molar refractivity (Wildman–Crippen MR) is 110 cm³/mol. The molecule has 0 radical (unpaired) electrons. The largest absolute Gasteiger partial charge is 0.455 e. The zero-order chi connectivity index (χ0) is 19.3. The first-order valence-electron chi connectivity index (χ1n) is 9.29. The number of hydrogen-bond acceptors (Lipinski definition) is 1. The van der Waals surface area contributed by atoms with Gasteiger partial charge in [-0.05, 0) is 48.4 Å². The van der Waals surface area contributed by atoms with Crippen LogP contribution in [0.1, 0.15) is 5.56 Å². The molecule has 5 aromatic rings. The van der Waals surface area contributed by atoms with Gasteiger partial charge in [0.15, 0.2) is 6.20 Å². The lowest BCUT2D eigenvalue weighted by atomic mass is 9.99. The molecule has 0 fully saturated rings. The van der Waals surface area contributed by atoms with Crippen molar-refractivity contribution in [3.05, 3.63) is 90.4 Å². The molecule has 3 aromatic carbocycles. The summed E-state index contributed by atoms with van der Waals surface area (Å²) < 4.78 is 23.0. The lowest BCUT2D eigenvalue weighted by molar-refractivity contribution is -0.660. The molecule has 3 heteroatoms. The van der Waals surface area contributed by atoms with Gasteiger partial charge in [-0.2, -0.15) is 0 Å². The topological polar surface area (TPSA) is 17.0 Å². The summed E-state index contributed by atoms with van der Waals surface area (Å²) in [5, 5.41) is 1.92. The summed E-state index contributed by atoms with van der Waals surface area (Å²) in [6, 6.07) is 23.3. The maximum Gasteiger partial charge on any atom is 0.212 e. The third kappa shape index (κ3) is 2.51. The van der Waals surface area contributed by atoms with E-state index in [2.05, 4.69) is 23.6 Å². The number of aromatic nitrogens is 1. The van der Waals surface area contributed by atoms with E-state index in [1.807, 2.05) is 67.8 Å². The monoisotopic (exact) mass is 368 g/mol. The third-order valence-corrected chi connectivity index (χ3v) is 5.33. The Balaban J connectivity index is 1.84. The molecule has 136 valence electrons. The quantitative estimate of drug-likeness (QED) is 0.339. The molecule has 0 unspecified atom stereocenters. The fraction of sp³-hybridized carbons (Fsp3) is 0.0800. The molecule has 0 aliphatic heterocycles. The molecule has 5 rings (SSSR count). The number of aryl methyl sites for hydroxylation is 2. The van der Waals surface area contributed by atoms with E-state index in [9.17, 15) is 4.39 Å². The number of benzene rings is 3. The summed E-state index contributed by atoms with van der Waals surface area (Å²) >= 11 is 0. The van der Waals surface area contributed by atoms with Crippen LogP contribution in [0, 0.1) is 12.7 Å². The summed E-state index contributed by atoms with van der Waals surface area (Å²) in [6.07, 6.45) is 2.04. The molecule has 0 saturated carbocycles. The van der Waals surface area contributed by atoms with Crippen molar-refractivity contribution in [2.75, 3.05) is 0 Å². The maximum absolute atomic E-state index is 14.7. The van der Waals surface area contributed by atoms with E-state index in [1.165, 1.54) is 6.07 Å². The SMILES string of the molecule is Cc1cc2oc3c(-c4ccccc4)c(F)ccc3c2cc1-c1cccc[n+]1C. The molecule has 0 saturated heterocycles. The second-order valence-corrected chi connectivity index (χ2v) is 7.13. The number of halogens is 1. The van der Waals surface area contributed by atoms with Gasteiger partial charge in [0.25, 0.3) is 0 Å². The van der Waals surface area contributed by atoms with Crippen molar-refractivity contribution in [2.45, 2.75) is 6.92 Å². The molecule has 28 heavy (non-hydrogen) atoms. The van der Waals surface area contributed by atoms with E-state index in [4.69, 9.17) is 4.42 Å². The van der Waals surface area contributed by atoms with Gasteiger partial charge < -0.3 is 4.42 Å². The first-order chi connectivity index (χ1) is 13.6. The molecular weight excluding hydrogens is 349 g/mol. The normalized spacial score (nSPS) is 11.4. The Hall–Kier alpha value is -3.46. The van der Waals surface area contributed by atoms with Crippen molar-refractivity contribution in [2.24, 2.45) is 7.05 Å². The molecule has 2 heterocycles. The van der Waals surface area contributed by atoms with Gasteiger partial charge >= 0.3 is 0 Å². The van der Waals surface area contributed by atoms with Crippen molar-refractivity contribution < 1.29 is 13.4 Å². The van der Waals surface area contributed by atoms with Crippen molar-refractivity contribution in [3.63, 3.8) is 0 Å². The molecule has 0 atom stereocenters. The molecule has 0 spiro atoms.